The van der Waals surface area contributed by atoms with Gasteiger partial charge in [-0.2, -0.15) is 18.3 Å². The van der Waals surface area contributed by atoms with E-state index in [0.717, 1.165) is 23.3 Å². The van der Waals surface area contributed by atoms with Crippen molar-refractivity contribution in [3.63, 3.8) is 0 Å². The van der Waals surface area contributed by atoms with Crippen LogP contribution in [0.4, 0.5) is 17.6 Å². The van der Waals surface area contributed by atoms with Crippen LogP contribution in [0.3, 0.4) is 0 Å². The Balaban J connectivity index is 1.60. The Hall–Kier alpha value is -3.36. The molecule has 3 aromatic rings. The molecule has 30 heavy (non-hydrogen) atoms. The highest BCUT2D eigenvalue weighted by Crippen LogP contribution is 2.32. The molecule has 2 aromatic carbocycles. The Morgan fingerprint density at radius 1 is 1.03 bits per heavy atom. The number of hydrogen-bond donors (Lipinski definition) is 2. The molecular weight excluding hydrogens is 398 g/mol. The van der Waals surface area contributed by atoms with Crippen molar-refractivity contribution >= 4 is 5.96 Å². The molecule has 0 saturated carbocycles. The van der Waals surface area contributed by atoms with Crippen molar-refractivity contribution in [1.29, 1.82) is 0 Å². The number of nitrogens with one attached hydrogen (secondary N) is 2. The maximum Gasteiger partial charge on any atom is 0.416 e. The summed E-state index contributed by atoms with van der Waals surface area (Å²) in [5.41, 5.74) is 0.993. The summed E-state index contributed by atoms with van der Waals surface area (Å²) < 4.78 is 54.4. The second-order valence-corrected chi connectivity index (χ2v) is 6.60. The highest BCUT2D eigenvalue weighted by molar-refractivity contribution is 5.79. The van der Waals surface area contributed by atoms with E-state index in [9.17, 15) is 17.6 Å². The van der Waals surface area contributed by atoms with E-state index in [1.807, 2.05) is 41.2 Å². The van der Waals surface area contributed by atoms with Gasteiger partial charge in [-0.3, -0.25) is 9.67 Å². The van der Waals surface area contributed by atoms with Crippen LogP contribution in [0.15, 0.2) is 65.9 Å². The number of halogens is 4. The molecule has 0 radical (unpaired) electrons. The van der Waals surface area contributed by atoms with Gasteiger partial charge in [0, 0.05) is 32.5 Å². The summed E-state index contributed by atoms with van der Waals surface area (Å²) in [6.45, 7) is 0.925. The summed E-state index contributed by atoms with van der Waals surface area (Å²) in [5.74, 6) is -0.589. The summed E-state index contributed by atoms with van der Waals surface area (Å²) in [4.78, 5) is 4.04. The van der Waals surface area contributed by atoms with Crippen LogP contribution in [0.25, 0.3) is 0 Å². The Kier molecular flexibility index (Phi) is 6.71. The molecule has 0 aliphatic rings. The molecule has 9 heteroatoms. The van der Waals surface area contributed by atoms with Crippen LogP contribution in [0.2, 0.25) is 0 Å². The van der Waals surface area contributed by atoms with Gasteiger partial charge in [0.2, 0.25) is 0 Å². The Morgan fingerprint density at radius 3 is 2.50 bits per heavy atom. The molecule has 1 heterocycles. The smallest absolute Gasteiger partial charge is 0.352 e. The molecule has 0 saturated heterocycles. The molecule has 158 valence electrons. The van der Waals surface area contributed by atoms with Gasteiger partial charge in [-0.15, -0.1) is 0 Å². The zero-order chi connectivity index (χ0) is 21.6. The molecule has 1 aromatic heterocycles. The number of hydrogen-bond acceptors (Lipinski definition) is 2. The summed E-state index contributed by atoms with van der Waals surface area (Å²) in [7, 11) is 1.53. The molecule has 0 aliphatic carbocycles. The molecule has 0 amide bonds. The molecule has 0 unspecified atom stereocenters. The lowest BCUT2D eigenvalue weighted by Gasteiger charge is -2.16. The number of guanidine groups is 1. The van der Waals surface area contributed by atoms with Crippen molar-refractivity contribution in [2.45, 2.75) is 25.8 Å². The van der Waals surface area contributed by atoms with E-state index < -0.39 is 17.6 Å². The summed E-state index contributed by atoms with van der Waals surface area (Å²) in [6.07, 6.45) is -1.04. The van der Waals surface area contributed by atoms with E-state index in [4.69, 9.17) is 0 Å². The SMILES string of the molecule is CN=C(NCc1cccc(Cn2cccn2)c1)NCc1ccc(F)cc1C(F)(F)F. The van der Waals surface area contributed by atoms with E-state index >= 15 is 0 Å². The van der Waals surface area contributed by atoms with Gasteiger partial charge in [-0.05, 0) is 34.9 Å². The van der Waals surface area contributed by atoms with Gasteiger partial charge < -0.3 is 10.6 Å². The maximum atomic E-state index is 13.2. The van der Waals surface area contributed by atoms with Crippen LogP contribution in [-0.4, -0.2) is 22.8 Å². The van der Waals surface area contributed by atoms with Crippen LogP contribution in [0.1, 0.15) is 22.3 Å². The maximum absolute atomic E-state index is 13.2. The van der Waals surface area contributed by atoms with Gasteiger partial charge in [0.05, 0.1) is 12.1 Å². The fraction of sp³-hybridized carbons (Fsp3) is 0.238. The molecule has 0 atom stereocenters. The number of aromatic nitrogens is 2. The van der Waals surface area contributed by atoms with Crippen molar-refractivity contribution in [1.82, 2.24) is 20.4 Å². The fourth-order valence-corrected chi connectivity index (χ4v) is 2.97. The quantitative estimate of drug-likeness (QED) is 0.361. The first kappa shape index (κ1) is 21.4. The van der Waals surface area contributed by atoms with Gasteiger partial charge in [0.1, 0.15) is 5.82 Å². The van der Waals surface area contributed by atoms with Crippen molar-refractivity contribution in [2.75, 3.05) is 7.05 Å². The first-order chi connectivity index (χ1) is 14.3. The molecule has 0 spiro atoms. The number of benzene rings is 2. The van der Waals surface area contributed by atoms with Crippen molar-refractivity contribution in [3.8, 4) is 0 Å². The van der Waals surface area contributed by atoms with Gasteiger partial charge in [0.25, 0.3) is 0 Å². The normalized spacial score (nSPS) is 12.1. The van der Waals surface area contributed by atoms with Gasteiger partial charge in [-0.25, -0.2) is 4.39 Å². The Labute approximate surface area is 171 Å². The monoisotopic (exact) mass is 419 g/mol. The first-order valence-corrected chi connectivity index (χ1v) is 9.20. The zero-order valence-electron chi connectivity index (χ0n) is 16.2. The van der Waals surface area contributed by atoms with Crippen LogP contribution in [-0.2, 0) is 25.8 Å². The lowest BCUT2D eigenvalue weighted by atomic mass is 10.1. The molecule has 2 N–H and O–H groups in total. The molecule has 0 bridgehead atoms. The third kappa shape index (κ3) is 5.82. The van der Waals surface area contributed by atoms with Crippen LogP contribution in [0, 0.1) is 5.82 Å². The van der Waals surface area contributed by atoms with Crippen molar-refractivity contribution in [3.05, 3.63) is 89.0 Å². The first-order valence-electron chi connectivity index (χ1n) is 9.20. The number of alkyl halides is 3. The van der Waals surface area contributed by atoms with Gasteiger partial charge in [-0.1, -0.05) is 30.3 Å². The average Bonchev–Trinajstić information content (AvgIpc) is 3.21. The van der Waals surface area contributed by atoms with E-state index in [0.29, 0.717) is 25.1 Å². The third-order valence-corrected chi connectivity index (χ3v) is 4.40. The van der Waals surface area contributed by atoms with E-state index in [2.05, 4.69) is 20.7 Å². The molecular formula is C21H21F4N5. The summed E-state index contributed by atoms with van der Waals surface area (Å²) >= 11 is 0. The average molecular weight is 419 g/mol. The van der Waals surface area contributed by atoms with Crippen LogP contribution < -0.4 is 10.6 Å². The Bertz CT molecular complexity index is 997. The minimum absolute atomic E-state index is 0.0620. The van der Waals surface area contributed by atoms with E-state index in [1.165, 1.54) is 7.05 Å². The minimum Gasteiger partial charge on any atom is -0.352 e. The molecule has 0 aliphatic heterocycles. The Morgan fingerprint density at radius 2 is 1.80 bits per heavy atom. The summed E-state index contributed by atoms with van der Waals surface area (Å²) in [6, 6.07) is 12.4. The number of rotatable bonds is 6. The predicted molar refractivity (Wildman–Crippen MR) is 106 cm³/mol. The molecule has 3 rings (SSSR count). The van der Waals surface area contributed by atoms with E-state index in [-0.39, 0.29) is 12.1 Å². The fourth-order valence-electron chi connectivity index (χ4n) is 2.97. The number of nitrogens with zero attached hydrogens (tertiary/aromatic N) is 3. The third-order valence-electron chi connectivity index (χ3n) is 4.40. The zero-order valence-corrected chi connectivity index (χ0v) is 16.2. The highest BCUT2D eigenvalue weighted by atomic mass is 19.4. The largest absolute Gasteiger partial charge is 0.416 e. The summed E-state index contributed by atoms with van der Waals surface area (Å²) in [5, 5.41) is 10.1. The lowest BCUT2D eigenvalue weighted by molar-refractivity contribution is -0.138. The topological polar surface area (TPSA) is 54.2 Å². The standard InChI is InChI=1S/C21H21F4N5/c1-26-20(28-13-17-6-7-18(22)11-19(17)21(23,24)25)27-12-15-4-2-5-16(10-15)14-30-9-3-8-29-30/h2-11H,12-14H2,1H3,(H2,26,27,28). The predicted octanol–water partition coefficient (Wildman–Crippen LogP) is 3.95. The highest BCUT2D eigenvalue weighted by Gasteiger charge is 2.33. The van der Waals surface area contributed by atoms with Gasteiger partial charge in [0.15, 0.2) is 5.96 Å². The molecule has 0 fully saturated rings. The second-order valence-electron chi connectivity index (χ2n) is 6.60. The molecule has 5 nitrogen and oxygen atoms in total. The van der Waals surface area contributed by atoms with E-state index in [1.54, 1.807) is 6.20 Å². The number of aliphatic imine (C=N–C) groups is 1. The van der Waals surface area contributed by atoms with Crippen LogP contribution >= 0.6 is 0 Å². The van der Waals surface area contributed by atoms with Crippen LogP contribution in [0.5, 0.6) is 0 Å². The van der Waals surface area contributed by atoms with Crippen molar-refractivity contribution in [2.24, 2.45) is 4.99 Å². The van der Waals surface area contributed by atoms with Gasteiger partial charge >= 0.3 is 6.18 Å². The van der Waals surface area contributed by atoms with Crippen molar-refractivity contribution < 1.29 is 17.6 Å². The lowest BCUT2D eigenvalue weighted by Crippen LogP contribution is -2.36. The minimum atomic E-state index is -4.63. The second kappa shape index (κ2) is 9.43.